The number of halogens is 1. The molecule has 5 nitrogen and oxygen atoms in total. The molecular weight excluding hydrogens is 369 g/mol. The van der Waals surface area contributed by atoms with E-state index in [1.165, 1.54) is 37.1 Å². The van der Waals surface area contributed by atoms with Crippen LogP contribution in [0.25, 0.3) is 10.9 Å². The number of fused-ring (bicyclic) bond motifs is 1. The molecule has 0 unspecified atom stereocenters. The number of para-hydroxylation sites is 1. The molecule has 2 aromatic carbocycles. The van der Waals surface area contributed by atoms with Gasteiger partial charge in [-0.3, -0.25) is 4.79 Å². The van der Waals surface area contributed by atoms with Gasteiger partial charge in [0, 0.05) is 24.2 Å². The largest absolute Gasteiger partial charge is 0.481 e. The van der Waals surface area contributed by atoms with Crippen molar-refractivity contribution in [3.05, 3.63) is 60.4 Å². The highest BCUT2D eigenvalue weighted by atomic mass is 19.1. The molecule has 0 radical (unpaired) electrons. The van der Waals surface area contributed by atoms with Crippen LogP contribution in [-0.4, -0.2) is 30.6 Å². The SMILES string of the molecule is C[C@@H]1CCCN(c2ccc3cccc(OCC(=O)Nc4ccc(F)cc4)c3n2)C1. The van der Waals surface area contributed by atoms with E-state index in [9.17, 15) is 9.18 Å². The summed E-state index contributed by atoms with van der Waals surface area (Å²) in [6.45, 7) is 4.12. The van der Waals surface area contributed by atoms with Gasteiger partial charge in [-0.25, -0.2) is 9.37 Å². The number of piperidine rings is 1. The maximum atomic E-state index is 13.0. The zero-order valence-electron chi connectivity index (χ0n) is 16.4. The lowest BCUT2D eigenvalue weighted by molar-refractivity contribution is -0.118. The number of nitrogens with one attached hydrogen (secondary N) is 1. The van der Waals surface area contributed by atoms with Gasteiger partial charge >= 0.3 is 0 Å². The predicted octanol–water partition coefficient (Wildman–Crippen LogP) is 4.63. The van der Waals surface area contributed by atoms with Crippen LogP contribution >= 0.6 is 0 Å². The fraction of sp³-hybridized carbons (Fsp3) is 0.304. The number of hydrogen-bond donors (Lipinski definition) is 1. The second kappa shape index (κ2) is 8.47. The van der Waals surface area contributed by atoms with Gasteiger partial charge in [0.1, 0.15) is 22.9 Å². The molecule has 1 saturated heterocycles. The van der Waals surface area contributed by atoms with E-state index in [1.807, 2.05) is 30.3 Å². The standard InChI is InChI=1S/C23H24FN3O2/c1-16-4-3-13-27(14-16)21-12-7-17-5-2-6-20(23(17)26-21)29-15-22(28)25-19-10-8-18(24)9-11-19/h2,5-12,16H,3-4,13-15H2,1H3,(H,25,28)/t16-/m1/s1. The summed E-state index contributed by atoms with van der Waals surface area (Å²) in [6.07, 6.45) is 2.42. The first-order chi connectivity index (χ1) is 14.1. The van der Waals surface area contributed by atoms with Crippen LogP contribution in [0.4, 0.5) is 15.9 Å². The molecule has 0 aliphatic carbocycles. The molecule has 4 rings (SSSR count). The van der Waals surface area contributed by atoms with Gasteiger partial charge in [-0.05, 0) is 61.2 Å². The summed E-state index contributed by atoms with van der Waals surface area (Å²) in [5.74, 6) is 1.51. The van der Waals surface area contributed by atoms with Gasteiger partial charge in [0.25, 0.3) is 5.91 Å². The van der Waals surface area contributed by atoms with Crippen molar-refractivity contribution in [2.75, 3.05) is 29.9 Å². The van der Waals surface area contributed by atoms with E-state index in [2.05, 4.69) is 17.1 Å². The van der Waals surface area contributed by atoms with Crippen molar-refractivity contribution >= 4 is 28.3 Å². The minimum atomic E-state index is -0.347. The maximum absolute atomic E-state index is 13.0. The van der Waals surface area contributed by atoms with E-state index < -0.39 is 0 Å². The van der Waals surface area contributed by atoms with Crippen molar-refractivity contribution in [2.24, 2.45) is 5.92 Å². The summed E-state index contributed by atoms with van der Waals surface area (Å²) in [4.78, 5) is 19.3. The summed E-state index contributed by atoms with van der Waals surface area (Å²) in [5.41, 5.74) is 1.27. The number of anilines is 2. The van der Waals surface area contributed by atoms with Crippen LogP contribution in [0.1, 0.15) is 19.8 Å². The van der Waals surface area contributed by atoms with Crippen LogP contribution < -0.4 is 15.0 Å². The summed E-state index contributed by atoms with van der Waals surface area (Å²) in [7, 11) is 0. The van der Waals surface area contributed by atoms with Gasteiger partial charge in [0.05, 0.1) is 0 Å². The van der Waals surface area contributed by atoms with E-state index >= 15 is 0 Å². The second-order valence-corrected chi connectivity index (χ2v) is 7.53. The zero-order chi connectivity index (χ0) is 20.2. The molecule has 1 atom stereocenters. The molecule has 1 aliphatic heterocycles. The van der Waals surface area contributed by atoms with Gasteiger partial charge in [-0.15, -0.1) is 0 Å². The molecule has 0 bridgehead atoms. The molecule has 2 heterocycles. The number of rotatable bonds is 5. The third kappa shape index (κ3) is 4.65. The number of ether oxygens (including phenoxy) is 1. The molecular formula is C23H24FN3O2. The average Bonchev–Trinajstić information content (AvgIpc) is 2.73. The number of carbonyl (C=O) groups excluding carboxylic acids is 1. The molecule has 0 saturated carbocycles. The fourth-order valence-corrected chi connectivity index (χ4v) is 3.67. The number of aromatic nitrogens is 1. The normalized spacial score (nSPS) is 16.6. The van der Waals surface area contributed by atoms with Crippen molar-refractivity contribution in [3.63, 3.8) is 0 Å². The highest BCUT2D eigenvalue weighted by molar-refractivity contribution is 5.92. The zero-order valence-corrected chi connectivity index (χ0v) is 16.4. The average molecular weight is 393 g/mol. The lowest BCUT2D eigenvalue weighted by Crippen LogP contribution is -2.34. The molecule has 1 N–H and O–H groups in total. The molecule has 1 aromatic heterocycles. The Morgan fingerprint density at radius 2 is 2.03 bits per heavy atom. The number of benzene rings is 2. The third-order valence-corrected chi connectivity index (χ3v) is 5.14. The maximum Gasteiger partial charge on any atom is 0.262 e. The van der Waals surface area contributed by atoms with E-state index in [0.717, 1.165) is 29.8 Å². The van der Waals surface area contributed by atoms with Crippen molar-refractivity contribution in [1.29, 1.82) is 0 Å². The van der Waals surface area contributed by atoms with Gasteiger partial charge < -0.3 is 15.0 Å². The van der Waals surface area contributed by atoms with Crippen molar-refractivity contribution in [2.45, 2.75) is 19.8 Å². The first-order valence-electron chi connectivity index (χ1n) is 9.91. The van der Waals surface area contributed by atoms with Crippen LogP contribution in [0.2, 0.25) is 0 Å². The Balaban J connectivity index is 1.48. The Bertz CT molecular complexity index is 1010. The summed E-state index contributed by atoms with van der Waals surface area (Å²) >= 11 is 0. The molecule has 1 fully saturated rings. The summed E-state index contributed by atoms with van der Waals surface area (Å²) < 4.78 is 18.8. The van der Waals surface area contributed by atoms with Crippen molar-refractivity contribution in [3.8, 4) is 5.75 Å². The lowest BCUT2D eigenvalue weighted by atomic mass is 10.0. The van der Waals surface area contributed by atoms with Gasteiger partial charge in [0.15, 0.2) is 6.61 Å². The monoisotopic (exact) mass is 393 g/mol. The molecule has 150 valence electrons. The Morgan fingerprint density at radius 3 is 2.83 bits per heavy atom. The molecule has 1 aliphatic rings. The minimum absolute atomic E-state index is 0.150. The number of carbonyl (C=O) groups is 1. The molecule has 1 amide bonds. The van der Waals surface area contributed by atoms with Crippen LogP contribution in [0.5, 0.6) is 5.75 Å². The predicted molar refractivity (Wildman–Crippen MR) is 113 cm³/mol. The van der Waals surface area contributed by atoms with E-state index in [4.69, 9.17) is 9.72 Å². The number of nitrogens with zero attached hydrogens (tertiary/aromatic N) is 2. The van der Waals surface area contributed by atoms with Crippen LogP contribution in [-0.2, 0) is 4.79 Å². The minimum Gasteiger partial charge on any atom is -0.481 e. The van der Waals surface area contributed by atoms with E-state index in [0.29, 0.717) is 17.4 Å². The van der Waals surface area contributed by atoms with Gasteiger partial charge in [-0.2, -0.15) is 0 Å². The Kier molecular flexibility index (Phi) is 5.60. The molecule has 3 aromatic rings. The number of pyridine rings is 1. The fourth-order valence-electron chi connectivity index (χ4n) is 3.67. The quantitative estimate of drug-likeness (QED) is 0.687. The van der Waals surface area contributed by atoms with E-state index in [-0.39, 0.29) is 18.3 Å². The van der Waals surface area contributed by atoms with Crippen molar-refractivity contribution in [1.82, 2.24) is 4.98 Å². The van der Waals surface area contributed by atoms with E-state index in [1.54, 1.807) is 0 Å². The van der Waals surface area contributed by atoms with Crippen LogP contribution in [0, 0.1) is 11.7 Å². The van der Waals surface area contributed by atoms with Crippen molar-refractivity contribution < 1.29 is 13.9 Å². The smallest absolute Gasteiger partial charge is 0.262 e. The highest BCUT2D eigenvalue weighted by Crippen LogP contribution is 2.28. The molecule has 6 heteroatoms. The topological polar surface area (TPSA) is 54.5 Å². The number of hydrogen-bond acceptors (Lipinski definition) is 4. The Labute approximate surface area is 169 Å². The highest BCUT2D eigenvalue weighted by Gasteiger charge is 2.18. The first-order valence-corrected chi connectivity index (χ1v) is 9.91. The van der Waals surface area contributed by atoms with Crippen LogP contribution in [0.3, 0.4) is 0 Å². The van der Waals surface area contributed by atoms with Gasteiger partial charge in [-0.1, -0.05) is 19.1 Å². The summed E-state index contributed by atoms with van der Waals surface area (Å²) in [6, 6.07) is 15.4. The number of amides is 1. The lowest BCUT2D eigenvalue weighted by Gasteiger charge is -2.32. The third-order valence-electron chi connectivity index (χ3n) is 5.14. The van der Waals surface area contributed by atoms with Gasteiger partial charge in [0.2, 0.25) is 0 Å². The second-order valence-electron chi connectivity index (χ2n) is 7.53. The molecule has 29 heavy (non-hydrogen) atoms. The first kappa shape index (κ1) is 19.2. The van der Waals surface area contributed by atoms with Crippen LogP contribution in [0.15, 0.2) is 54.6 Å². The molecule has 0 spiro atoms. The summed E-state index contributed by atoms with van der Waals surface area (Å²) in [5, 5.41) is 3.66. The Morgan fingerprint density at radius 1 is 1.21 bits per heavy atom. The Hall–Kier alpha value is -3.15.